The summed E-state index contributed by atoms with van der Waals surface area (Å²) in [6, 6.07) is 7.30. The van der Waals surface area contributed by atoms with Crippen LogP contribution in [0.15, 0.2) is 24.3 Å². The van der Waals surface area contributed by atoms with Crippen LogP contribution in [-0.4, -0.2) is 65.4 Å². The predicted octanol–water partition coefficient (Wildman–Crippen LogP) is 2.82. The van der Waals surface area contributed by atoms with Crippen LogP contribution in [0.4, 0.5) is 0 Å². The van der Waals surface area contributed by atoms with Crippen LogP contribution in [0.2, 0.25) is 0 Å². The van der Waals surface area contributed by atoms with E-state index in [1.165, 1.54) is 32.1 Å². The highest BCUT2D eigenvalue weighted by atomic mass is 16.5. The Morgan fingerprint density at radius 1 is 1.09 bits per heavy atom. The quantitative estimate of drug-likeness (QED) is 0.628. The van der Waals surface area contributed by atoms with Gasteiger partial charge in [-0.2, -0.15) is 0 Å². The summed E-state index contributed by atoms with van der Waals surface area (Å²) >= 11 is 0. The van der Waals surface area contributed by atoms with Crippen LogP contribution in [0.5, 0.6) is 5.75 Å². The molecule has 2 amide bonds. The van der Waals surface area contributed by atoms with Crippen molar-refractivity contribution in [3.63, 3.8) is 0 Å². The van der Waals surface area contributed by atoms with Gasteiger partial charge in [-0.05, 0) is 48.6 Å². The molecule has 4 rings (SSSR count). The lowest BCUT2D eigenvalue weighted by molar-refractivity contribution is -0.135. The lowest BCUT2D eigenvalue weighted by Crippen LogP contribution is -2.51. The SMILES string of the molecule is O=C1COc2ccccc2C[C@H](O)[C@H](O)CC2(CCN(C(=O)CCC3CCCCC3)CC2)CN1. The summed E-state index contributed by atoms with van der Waals surface area (Å²) in [6.45, 7) is 1.57. The number of hydrogen-bond donors (Lipinski definition) is 3. The topological polar surface area (TPSA) is 99.1 Å². The first-order valence-corrected chi connectivity index (χ1v) is 13.1. The number of hydrogen-bond acceptors (Lipinski definition) is 5. The van der Waals surface area contributed by atoms with Crippen molar-refractivity contribution < 1.29 is 24.5 Å². The molecule has 1 spiro atoms. The van der Waals surface area contributed by atoms with E-state index < -0.39 is 12.2 Å². The number of aliphatic hydroxyl groups excluding tert-OH is 2. The summed E-state index contributed by atoms with van der Waals surface area (Å²) in [4.78, 5) is 27.3. The zero-order valence-corrected chi connectivity index (χ0v) is 20.2. The van der Waals surface area contributed by atoms with E-state index in [1.807, 2.05) is 23.1 Å². The van der Waals surface area contributed by atoms with Gasteiger partial charge in [-0.25, -0.2) is 0 Å². The molecule has 2 fully saturated rings. The van der Waals surface area contributed by atoms with Gasteiger partial charge in [0.1, 0.15) is 5.75 Å². The normalized spacial score (nSPS) is 26.5. The van der Waals surface area contributed by atoms with E-state index in [0.29, 0.717) is 57.0 Å². The number of ether oxygens (including phenoxy) is 1. The second-order valence-corrected chi connectivity index (χ2v) is 10.6. The summed E-state index contributed by atoms with van der Waals surface area (Å²) in [5, 5.41) is 24.6. The fraction of sp³-hybridized carbons (Fsp3) is 0.704. The summed E-state index contributed by atoms with van der Waals surface area (Å²) < 4.78 is 5.70. The van der Waals surface area contributed by atoms with E-state index in [2.05, 4.69) is 5.32 Å². The molecular formula is C27H40N2O5. The van der Waals surface area contributed by atoms with Crippen LogP contribution in [0.1, 0.15) is 69.8 Å². The number of carbonyl (C=O) groups is 2. The van der Waals surface area contributed by atoms with Gasteiger partial charge >= 0.3 is 0 Å². The second kappa shape index (κ2) is 11.5. The number of rotatable bonds is 3. The van der Waals surface area contributed by atoms with Gasteiger partial charge in [0.25, 0.3) is 5.91 Å². The van der Waals surface area contributed by atoms with E-state index in [9.17, 15) is 19.8 Å². The highest BCUT2D eigenvalue weighted by Gasteiger charge is 2.39. The Kier molecular flexibility index (Phi) is 8.48. The number of aliphatic hydroxyl groups is 2. The maximum Gasteiger partial charge on any atom is 0.257 e. The lowest BCUT2D eigenvalue weighted by atomic mass is 9.73. The maximum atomic E-state index is 12.9. The summed E-state index contributed by atoms with van der Waals surface area (Å²) in [6.07, 6.45) is 8.24. The van der Waals surface area contributed by atoms with Crippen LogP contribution < -0.4 is 10.1 Å². The molecule has 7 nitrogen and oxygen atoms in total. The average molecular weight is 473 g/mol. The Labute approximate surface area is 202 Å². The molecule has 0 aromatic heterocycles. The smallest absolute Gasteiger partial charge is 0.257 e. The Morgan fingerprint density at radius 2 is 1.82 bits per heavy atom. The van der Waals surface area contributed by atoms with Crippen molar-refractivity contribution in [3.8, 4) is 5.75 Å². The first kappa shape index (κ1) is 25.0. The first-order chi connectivity index (χ1) is 16.4. The van der Waals surface area contributed by atoms with Gasteiger partial charge in [-0.1, -0.05) is 50.3 Å². The molecule has 2 atom stereocenters. The van der Waals surface area contributed by atoms with Gasteiger partial charge in [0, 0.05) is 32.5 Å². The molecule has 188 valence electrons. The zero-order valence-electron chi connectivity index (χ0n) is 20.2. The van der Waals surface area contributed by atoms with E-state index in [0.717, 1.165) is 12.0 Å². The van der Waals surface area contributed by atoms with Crippen molar-refractivity contribution in [3.05, 3.63) is 29.8 Å². The average Bonchev–Trinajstić information content (AvgIpc) is 2.86. The fourth-order valence-electron chi connectivity index (χ4n) is 5.88. The molecule has 0 bridgehead atoms. The van der Waals surface area contributed by atoms with Crippen LogP contribution in [0.3, 0.4) is 0 Å². The monoisotopic (exact) mass is 472 g/mol. The predicted molar refractivity (Wildman–Crippen MR) is 129 cm³/mol. The number of likely N-dealkylation sites (tertiary alicyclic amines) is 1. The standard InChI is InChI=1S/C27H40N2O5/c30-22-16-21-8-4-5-9-24(21)34-18-25(32)28-19-27(17-23(22)31)12-14-29(15-13-27)26(33)11-10-20-6-2-1-3-7-20/h4-5,8-9,20,22-23,30-31H,1-3,6-7,10-19H2,(H,28,32)/t22-,23+/m0/s1. The molecule has 1 saturated heterocycles. The van der Waals surface area contributed by atoms with Crippen molar-refractivity contribution in [2.75, 3.05) is 26.2 Å². The molecule has 3 aliphatic rings. The van der Waals surface area contributed by atoms with Gasteiger partial charge in [0.2, 0.25) is 5.91 Å². The van der Waals surface area contributed by atoms with Crippen LogP contribution in [0.25, 0.3) is 0 Å². The highest BCUT2D eigenvalue weighted by Crippen LogP contribution is 2.37. The van der Waals surface area contributed by atoms with Gasteiger partial charge in [0.15, 0.2) is 6.61 Å². The molecule has 1 aromatic rings. The molecule has 0 radical (unpaired) electrons. The molecule has 1 aliphatic carbocycles. The number of benzene rings is 1. The molecule has 0 unspecified atom stereocenters. The molecule has 34 heavy (non-hydrogen) atoms. The minimum atomic E-state index is -0.924. The molecule has 1 aromatic carbocycles. The van der Waals surface area contributed by atoms with E-state index >= 15 is 0 Å². The van der Waals surface area contributed by atoms with Crippen molar-refractivity contribution in [2.45, 2.75) is 82.8 Å². The number of amides is 2. The fourth-order valence-corrected chi connectivity index (χ4v) is 5.88. The van der Waals surface area contributed by atoms with Gasteiger partial charge in [-0.3, -0.25) is 9.59 Å². The number of fused-ring (bicyclic) bond motifs is 1. The van der Waals surface area contributed by atoms with Gasteiger partial charge < -0.3 is 25.2 Å². The van der Waals surface area contributed by atoms with Crippen LogP contribution >= 0.6 is 0 Å². The number of carbonyl (C=O) groups excluding carboxylic acids is 2. The zero-order chi connectivity index (χ0) is 24.0. The maximum absolute atomic E-state index is 12.9. The molecule has 2 heterocycles. The first-order valence-electron chi connectivity index (χ1n) is 13.1. The lowest BCUT2D eigenvalue weighted by Gasteiger charge is -2.44. The van der Waals surface area contributed by atoms with Gasteiger partial charge in [-0.15, -0.1) is 0 Å². The molecule has 1 saturated carbocycles. The van der Waals surface area contributed by atoms with Gasteiger partial charge in [0.05, 0.1) is 12.2 Å². The minimum absolute atomic E-state index is 0.0858. The Morgan fingerprint density at radius 3 is 2.59 bits per heavy atom. The van der Waals surface area contributed by atoms with E-state index in [1.54, 1.807) is 6.07 Å². The molecule has 7 heteroatoms. The van der Waals surface area contributed by atoms with E-state index in [4.69, 9.17) is 4.74 Å². The van der Waals surface area contributed by atoms with Crippen molar-refractivity contribution in [1.82, 2.24) is 10.2 Å². The Hall–Kier alpha value is -2.12. The summed E-state index contributed by atoms with van der Waals surface area (Å²) in [7, 11) is 0. The third-order valence-electron chi connectivity index (χ3n) is 8.18. The summed E-state index contributed by atoms with van der Waals surface area (Å²) in [5.41, 5.74) is 0.421. The number of para-hydroxylation sites is 1. The van der Waals surface area contributed by atoms with Crippen LogP contribution in [-0.2, 0) is 16.0 Å². The largest absolute Gasteiger partial charge is 0.483 e. The molecular weight excluding hydrogens is 432 g/mol. The molecule has 3 N–H and O–H groups in total. The second-order valence-electron chi connectivity index (χ2n) is 10.6. The molecule has 2 aliphatic heterocycles. The third-order valence-corrected chi connectivity index (χ3v) is 8.18. The minimum Gasteiger partial charge on any atom is -0.483 e. The number of piperidine rings is 1. The van der Waals surface area contributed by atoms with Crippen molar-refractivity contribution >= 4 is 11.8 Å². The third kappa shape index (κ3) is 6.51. The number of nitrogens with zero attached hydrogens (tertiary/aromatic N) is 1. The summed E-state index contributed by atoms with van der Waals surface area (Å²) in [5.74, 6) is 1.28. The van der Waals surface area contributed by atoms with E-state index in [-0.39, 0.29) is 30.3 Å². The highest BCUT2D eigenvalue weighted by molar-refractivity contribution is 5.77. The van der Waals surface area contributed by atoms with Crippen molar-refractivity contribution in [2.24, 2.45) is 11.3 Å². The Balaban J connectivity index is 1.37. The number of nitrogens with one attached hydrogen (secondary N) is 1. The van der Waals surface area contributed by atoms with Crippen molar-refractivity contribution in [1.29, 1.82) is 0 Å². The Bertz CT molecular complexity index is 830. The van der Waals surface area contributed by atoms with Crippen LogP contribution in [0, 0.1) is 11.3 Å².